The summed E-state index contributed by atoms with van der Waals surface area (Å²) in [4.78, 5) is 27.8. The lowest BCUT2D eigenvalue weighted by Crippen LogP contribution is -2.40. The van der Waals surface area contributed by atoms with Crippen LogP contribution in [0.15, 0.2) is 97.1 Å². The Morgan fingerprint density at radius 3 is 1.92 bits per heavy atom. The van der Waals surface area contributed by atoms with Crippen molar-refractivity contribution in [3.63, 3.8) is 0 Å². The molecule has 3 atom stereocenters. The number of aliphatic hydroxyl groups is 1. The van der Waals surface area contributed by atoms with Crippen LogP contribution in [0.2, 0.25) is 0 Å². The second-order valence-corrected chi connectivity index (χ2v) is 17.8. The molecule has 9 heteroatoms. The average molecular weight is 875 g/mol. The number of unbranched alkanes of at least 4 members (excludes halogenated alkanes) is 13. The van der Waals surface area contributed by atoms with E-state index in [1.807, 2.05) is 30.3 Å². The second-order valence-electron chi connectivity index (χ2n) is 17.8. The average Bonchev–Trinajstić information content (AvgIpc) is 3.32. The number of anilines is 2. The molecule has 348 valence electrons. The van der Waals surface area contributed by atoms with Crippen LogP contribution in [0.4, 0.5) is 11.4 Å². The normalized spacial score (nSPS) is 16.2. The molecule has 64 heavy (non-hydrogen) atoms. The van der Waals surface area contributed by atoms with Crippen LogP contribution in [0.3, 0.4) is 0 Å². The summed E-state index contributed by atoms with van der Waals surface area (Å²) in [6.07, 6.45) is 19.8. The maximum atomic E-state index is 12.8. The van der Waals surface area contributed by atoms with Gasteiger partial charge in [-0.15, -0.1) is 0 Å². The van der Waals surface area contributed by atoms with Crippen molar-refractivity contribution >= 4 is 23.2 Å². The second kappa shape index (κ2) is 29.1. The van der Waals surface area contributed by atoms with Gasteiger partial charge in [-0.3, -0.25) is 9.59 Å². The van der Waals surface area contributed by atoms with E-state index >= 15 is 0 Å². The molecule has 0 aliphatic carbocycles. The fraction of sp³-hybridized carbons (Fsp3) is 0.527. The van der Waals surface area contributed by atoms with Crippen molar-refractivity contribution in [1.82, 2.24) is 10.2 Å². The molecule has 4 aromatic carbocycles. The van der Waals surface area contributed by atoms with Crippen LogP contribution in [0.25, 0.3) is 11.1 Å². The van der Waals surface area contributed by atoms with Crippen molar-refractivity contribution in [2.24, 2.45) is 0 Å². The van der Waals surface area contributed by atoms with E-state index in [0.29, 0.717) is 30.8 Å². The zero-order valence-electron chi connectivity index (χ0n) is 39.0. The Balaban J connectivity index is 1.17. The van der Waals surface area contributed by atoms with Gasteiger partial charge >= 0.3 is 0 Å². The molecule has 0 aromatic heterocycles. The highest BCUT2D eigenvalue weighted by Crippen LogP contribution is 2.39. The van der Waals surface area contributed by atoms with E-state index < -0.39 is 6.29 Å². The Labute approximate surface area is 384 Å². The number of nitrogens with zero attached hydrogens (tertiary/aromatic N) is 1. The lowest BCUT2D eigenvalue weighted by molar-refractivity contribution is -0.253. The third kappa shape index (κ3) is 18.1. The van der Waals surface area contributed by atoms with E-state index in [2.05, 4.69) is 84.0 Å². The first-order valence-electron chi connectivity index (χ1n) is 24.7. The fourth-order valence-electron chi connectivity index (χ4n) is 8.61. The minimum absolute atomic E-state index is 0.00349. The summed E-state index contributed by atoms with van der Waals surface area (Å²) in [5, 5.41) is 15.7. The molecule has 1 fully saturated rings. The maximum absolute atomic E-state index is 12.8. The molecule has 0 bridgehead atoms. The number of ether oxygens (including phenoxy) is 2. The molecule has 1 heterocycles. The van der Waals surface area contributed by atoms with Gasteiger partial charge in [-0.05, 0) is 90.9 Å². The monoisotopic (exact) mass is 875 g/mol. The summed E-state index contributed by atoms with van der Waals surface area (Å²) in [5.74, 6) is -0.0113. The number of nitrogen functional groups attached to an aromatic ring is 1. The van der Waals surface area contributed by atoms with Crippen LogP contribution in [-0.2, 0) is 32.2 Å². The number of nitrogens with one attached hydrogen (secondary N) is 2. The molecule has 9 nitrogen and oxygen atoms in total. The number of aliphatic hydroxyl groups excluding tert-OH is 1. The summed E-state index contributed by atoms with van der Waals surface area (Å²) in [5.41, 5.74) is 13.3. The summed E-state index contributed by atoms with van der Waals surface area (Å²) in [6.45, 7) is 8.11. The predicted molar refractivity (Wildman–Crippen MR) is 263 cm³/mol. The van der Waals surface area contributed by atoms with Crippen molar-refractivity contribution < 1.29 is 24.2 Å². The highest BCUT2D eigenvalue weighted by Gasteiger charge is 2.33. The molecule has 5 N–H and O–H groups in total. The lowest BCUT2D eigenvalue weighted by atomic mass is 9.98. The number of rotatable bonds is 30. The van der Waals surface area contributed by atoms with Gasteiger partial charge in [-0.1, -0.05) is 164 Å². The minimum Gasteiger partial charge on any atom is -0.397 e. The molecule has 3 unspecified atom stereocenters. The number of amides is 2. The van der Waals surface area contributed by atoms with Gasteiger partial charge in [-0.25, -0.2) is 0 Å². The number of nitrogens with two attached hydrogens (primary N) is 1. The Kier molecular flexibility index (Phi) is 22.9. The van der Waals surface area contributed by atoms with Gasteiger partial charge < -0.3 is 35.8 Å². The molecular formula is C55H78N4O5. The van der Waals surface area contributed by atoms with Crippen LogP contribution in [0.1, 0.15) is 170 Å². The van der Waals surface area contributed by atoms with Crippen molar-refractivity contribution in [1.29, 1.82) is 0 Å². The van der Waals surface area contributed by atoms with E-state index in [1.165, 1.54) is 77.0 Å². The van der Waals surface area contributed by atoms with Crippen LogP contribution in [0, 0.1) is 0 Å². The number of hydrogen-bond acceptors (Lipinski definition) is 7. The van der Waals surface area contributed by atoms with Crippen molar-refractivity contribution in [2.45, 2.75) is 167 Å². The molecule has 1 aliphatic rings. The maximum Gasteiger partial charge on any atom is 0.224 e. The van der Waals surface area contributed by atoms with Gasteiger partial charge in [0, 0.05) is 37.9 Å². The summed E-state index contributed by atoms with van der Waals surface area (Å²) in [6, 6.07) is 32.3. The molecule has 0 radical (unpaired) electrons. The van der Waals surface area contributed by atoms with Gasteiger partial charge in [0.15, 0.2) is 6.29 Å². The fourth-order valence-corrected chi connectivity index (χ4v) is 8.61. The smallest absolute Gasteiger partial charge is 0.224 e. The number of carbonyl (C=O) groups is 2. The summed E-state index contributed by atoms with van der Waals surface area (Å²) < 4.78 is 13.7. The Bertz CT molecular complexity index is 1920. The Morgan fingerprint density at radius 1 is 0.641 bits per heavy atom. The van der Waals surface area contributed by atoms with E-state index in [-0.39, 0.29) is 30.6 Å². The van der Waals surface area contributed by atoms with E-state index in [9.17, 15) is 14.7 Å². The number of para-hydroxylation sites is 2. The Hall–Kier alpha value is -4.54. The van der Waals surface area contributed by atoms with Crippen LogP contribution in [-0.4, -0.2) is 47.6 Å². The number of hydrogen-bond donors (Lipinski definition) is 4. The van der Waals surface area contributed by atoms with Gasteiger partial charge in [0.1, 0.15) is 0 Å². The number of carbonyl (C=O) groups excluding carboxylic acids is 2. The van der Waals surface area contributed by atoms with Crippen molar-refractivity contribution in [3.05, 3.63) is 119 Å². The molecule has 5 rings (SSSR count). The third-order valence-electron chi connectivity index (χ3n) is 12.4. The van der Waals surface area contributed by atoms with E-state index in [0.717, 1.165) is 85.1 Å². The zero-order chi connectivity index (χ0) is 45.2. The molecule has 0 saturated carbocycles. The summed E-state index contributed by atoms with van der Waals surface area (Å²) >= 11 is 0. The molecular weight excluding hydrogens is 797 g/mol. The van der Waals surface area contributed by atoms with Gasteiger partial charge in [0.2, 0.25) is 11.8 Å². The molecule has 1 aliphatic heterocycles. The predicted octanol–water partition coefficient (Wildman–Crippen LogP) is 12.6. The highest BCUT2D eigenvalue weighted by molar-refractivity contribution is 5.93. The van der Waals surface area contributed by atoms with Gasteiger partial charge in [0.25, 0.3) is 0 Å². The first-order valence-corrected chi connectivity index (χ1v) is 24.7. The number of benzene rings is 4. The van der Waals surface area contributed by atoms with Crippen molar-refractivity contribution in [3.8, 4) is 11.1 Å². The van der Waals surface area contributed by atoms with Crippen LogP contribution in [0.5, 0.6) is 0 Å². The SMILES string of the molecule is CCCCCCCCN(CCCCCCCC)CC1CC(c2ccc(CO)cc2)OC(c2cccc(-c3cccc(CNC(=O)CCCCCCC(=O)Nc4ccccc4N)c3)c2)O1. The van der Waals surface area contributed by atoms with Crippen LogP contribution >= 0.6 is 0 Å². The molecule has 1 saturated heterocycles. The quantitative estimate of drug-likeness (QED) is 0.0304. The molecule has 2 amide bonds. The first-order chi connectivity index (χ1) is 31.3. The topological polar surface area (TPSA) is 126 Å². The van der Waals surface area contributed by atoms with Crippen LogP contribution < -0.4 is 16.4 Å². The van der Waals surface area contributed by atoms with Gasteiger partial charge in [-0.2, -0.15) is 0 Å². The van der Waals surface area contributed by atoms with E-state index in [4.69, 9.17) is 15.2 Å². The lowest BCUT2D eigenvalue weighted by Gasteiger charge is -2.38. The highest BCUT2D eigenvalue weighted by atomic mass is 16.7. The summed E-state index contributed by atoms with van der Waals surface area (Å²) in [7, 11) is 0. The largest absolute Gasteiger partial charge is 0.397 e. The third-order valence-corrected chi connectivity index (χ3v) is 12.4. The van der Waals surface area contributed by atoms with E-state index in [1.54, 1.807) is 12.1 Å². The standard InChI is InChI=1S/C55H78N4O5/c1-3-5-7-9-13-19-35-59(36-20-14-10-8-6-4-2)41-49-39-52(45-33-31-43(42-60)32-34-45)64-55(63-49)48-26-22-25-47(38-48)46-24-21-23-44(37-46)40-57-53(61)29-15-11-12-16-30-54(62)58-51-28-18-17-27-50(51)56/h17-18,21-28,31-34,37-38,49,52,55,60H,3-16,19-20,29-30,35-36,39-42,56H2,1-2H3,(H,57,61)(H,58,62). The zero-order valence-corrected chi connectivity index (χ0v) is 39.0. The minimum atomic E-state index is -0.528. The molecule has 0 spiro atoms. The molecule has 4 aromatic rings. The van der Waals surface area contributed by atoms with Crippen molar-refractivity contribution in [2.75, 3.05) is 30.7 Å². The van der Waals surface area contributed by atoms with Gasteiger partial charge in [0.05, 0.1) is 30.2 Å². The Morgan fingerprint density at radius 2 is 1.25 bits per heavy atom. The first kappa shape index (κ1) is 50.5.